The fourth-order valence-corrected chi connectivity index (χ4v) is 2.04. The topological polar surface area (TPSA) is 38.4 Å². The molecule has 0 unspecified atom stereocenters. The van der Waals surface area contributed by atoms with E-state index in [9.17, 15) is 0 Å². The Morgan fingerprint density at radius 2 is 2.20 bits per heavy atom. The summed E-state index contributed by atoms with van der Waals surface area (Å²) in [5, 5.41) is 0.723. The second kappa shape index (κ2) is 4.14. The van der Waals surface area contributed by atoms with Crippen molar-refractivity contribution in [3.63, 3.8) is 0 Å². The standard InChI is InChI=1S/C11H12BrClN2/c1-6-4-8(12)10(5-9(6)13)15-11(14)7-2-3-7/h4-5,7H,2-3H2,1H3,(H2,14,15). The molecule has 1 aliphatic carbocycles. The van der Waals surface area contributed by atoms with Gasteiger partial charge in [0.15, 0.2) is 0 Å². The summed E-state index contributed by atoms with van der Waals surface area (Å²) in [4.78, 5) is 4.39. The fourth-order valence-electron chi connectivity index (χ4n) is 1.33. The van der Waals surface area contributed by atoms with E-state index in [2.05, 4.69) is 20.9 Å². The summed E-state index contributed by atoms with van der Waals surface area (Å²) in [6, 6.07) is 3.80. The number of aliphatic imine (C=N–C) groups is 1. The maximum Gasteiger partial charge on any atom is 0.103 e. The van der Waals surface area contributed by atoms with E-state index in [1.54, 1.807) is 0 Å². The number of halogens is 2. The van der Waals surface area contributed by atoms with Crippen LogP contribution in [0.5, 0.6) is 0 Å². The number of hydrogen-bond acceptors (Lipinski definition) is 1. The summed E-state index contributed by atoms with van der Waals surface area (Å²) in [6.07, 6.45) is 2.32. The molecule has 1 aliphatic rings. The highest BCUT2D eigenvalue weighted by atomic mass is 79.9. The van der Waals surface area contributed by atoms with E-state index in [-0.39, 0.29) is 0 Å². The highest BCUT2D eigenvalue weighted by Crippen LogP contribution is 2.34. The monoisotopic (exact) mass is 286 g/mol. The lowest BCUT2D eigenvalue weighted by atomic mass is 10.2. The van der Waals surface area contributed by atoms with Crippen LogP contribution in [0.2, 0.25) is 5.02 Å². The second-order valence-electron chi connectivity index (χ2n) is 3.86. The molecule has 0 spiro atoms. The van der Waals surface area contributed by atoms with Gasteiger partial charge in [0.1, 0.15) is 5.84 Å². The van der Waals surface area contributed by atoms with Gasteiger partial charge in [0, 0.05) is 15.4 Å². The maximum atomic E-state index is 6.03. The summed E-state index contributed by atoms with van der Waals surface area (Å²) in [5.74, 6) is 1.20. The van der Waals surface area contributed by atoms with Gasteiger partial charge < -0.3 is 5.73 Å². The van der Waals surface area contributed by atoms with Gasteiger partial charge in [-0.1, -0.05) is 11.6 Å². The van der Waals surface area contributed by atoms with Gasteiger partial charge in [-0.25, -0.2) is 4.99 Å². The third-order valence-corrected chi connectivity index (χ3v) is 3.52. The average molecular weight is 288 g/mol. The third kappa shape index (κ3) is 2.52. The van der Waals surface area contributed by atoms with Crippen LogP contribution in [0.3, 0.4) is 0 Å². The first-order valence-corrected chi connectivity index (χ1v) is 6.04. The molecule has 0 aromatic heterocycles. The molecule has 2 rings (SSSR count). The van der Waals surface area contributed by atoms with Crippen molar-refractivity contribution in [3.8, 4) is 0 Å². The van der Waals surface area contributed by atoms with Crippen LogP contribution in [-0.4, -0.2) is 5.84 Å². The summed E-state index contributed by atoms with van der Waals surface area (Å²) in [7, 11) is 0. The largest absolute Gasteiger partial charge is 0.387 e. The Morgan fingerprint density at radius 3 is 2.80 bits per heavy atom. The van der Waals surface area contributed by atoms with Gasteiger partial charge in [-0.15, -0.1) is 0 Å². The molecule has 2 N–H and O–H groups in total. The summed E-state index contributed by atoms with van der Waals surface area (Å²) < 4.78 is 0.938. The molecule has 0 heterocycles. The van der Waals surface area contributed by atoms with Crippen LogP contribution < -0.4 is 5.73 Å². The molecular formula is C11H12BrClN2. The van der Waals surface area contributed by atoms with Crippen molar-refractivity contribution in [3.05, 3.63) is 27.2 Å². The zero-order valence-electron chi connectivity index (χ0n) is 8.43. The quantitative estimate of drug-likeness (QED) is 0.652. The van der Waals surface area contributed by atoms with Crippen LogP contribution in [0.25, 0.3) is 0 Å². The van der Waals surface area contributed by atoms with Gasteiger partial charge in [-0.2, -0.15) is 0 Å². The smallest absolute Gasteiger partial charge is 0.103 e. The summed E-state index contributed by atoms with van der Waals surface area (Å²) in [6.45, 7) is 1.96. The number of nitrogens with zero attached hydrogens (tertiary/aromatic N) is 1. The van der Waals surface area contributed by atoms with E-state index in [0.717, 1.165) is 39.4 Å². The molecule has 0 saturated heterocycles. The zero-order chi connectivity index (χ0) is 11.0. The Bertz CT molecular complexity index is 425. The Morgan fingerprint density at radius 1 is 1.53 bits per heavy atom. The van der Waals surface area contributed by atoms with Gasteiger partial charge in [0.25, 0.3) is 0 Å². The molecule has 1 fully saturated rings. The molecule has 0 amide bonds. The summed E-state index contributed by atoms with van der Waals surface area (Å²) in [5.41, 5.74) is 7.70. The predicted octanol–water partition coefficient (Wildman–Crippen LogP) is 3.81. The van der Waals surface area contributed by atoms with Gasteiger partial charge in [-0.3, -0.25) is 0 Å². The van der Waals surface area contributed by atoms with Crippen LogP contribution in [-0.2, 0) is 0 Å². The summed E-state index contributed by atoms with van der Waals surface area (Å²) >= 11 is 9.49. The molecule has 2 nitrogen and oxygen atoms in total. The SMILES string of the molecule is Cc1cc(Br)c(N=C(N)C2CC2)cc1Cl. The Labute approximate surface area is 103 Å². The number of amidine groups is 1. The Balaban J connectivity index is 2.35. The van der Waals surface area contributed by atoms with Gasteiger partial charge >= 0.3 is 0 Å². The van der Waals surface area contributed by atoms with Crippen LogP contribution >= 0.6 is 27.5 Å². The average Bonchev–Trinajstić information content (AvgIpc) is 2.97. The van der Waals surface area contributed by atoms with Gasteiger partial charge in [-0.05, 0) is 53.4 Å². The highest BCUT2D eigenvalue weighted by molar-refractivity contribution is 9.10. The van der Waals surface area contributed by atoms with Gasteiger partial charge in [0.2, 0.25) is 0 Å². The van der Waals surface area contributed by atoms with E-state index >= 15 is 0 Å². The van der Waals surface area contributed by atoms with Crippen molar-refractivity contribution in [2.45, 2.75) is 19.8 Å². The molecule has 0 radical (unpaired) electrons. The molecular weight excluding hydrogens is 275 g/mol. The minimum Gasteiger partial charge on any atom is -0.387 e. The molecule has 15 heavy (non-hydrogen) atoms. The first kappa shape index (κ1) is 11.0. The van der Waals surface area contributed by atoms with Gasteiger partial charge in [0.05, 0.1) is 5.69 Å². The van der Waals surface area contributed by atoms with Crippen molar-refractivity contribution in [2.75, 3.05) is 0 Å². The predicted molar refractivity (Wildman–Crippen MR) is 67.9 cm³/mol. The molecule has 1 aromatic rings. The normalized spacial score (nSPS) is 16.9. The zero-order valence-corrected chi connectivity index (χ0v) is 10.8. The third-order valence-electron chi connectivity index (χ3n) is 2.47. The van der Waals surface area contributed by atoms with Crippen LogP contribution in [0.15, 0.2) is 21.6 Å². The van der Waals surface area contributed by atoms with Crippen LogP contribution in [0.4, 0.5) is 5.69 Å². The lowest BCUT2D eigenvalue weighted by Gasteiger charge is -2.04. The molecule has 0 aliphatic heterocycles. The fraction of sp³-hybridized carbons (Fsp3) is 0.364. The molecule has 80 valence electrons. The second-order valence-corrected chi connectivity index (χ2v) is 5.13. The maximum absolute atomic E-state index is 6.03. The van der Waals surface area contributed by atoms with Crippen molar-refractivity contribution in [1.29, 1.82) is 0 Å². The Hall–Kier alpha value is -0.540. The number of benzene rings is 1. The van der Waals surface area contributed by atoms with Crippen molar-refractivity contribution in [2.24, 2.45) is 16.6 Å². The lowest BCUT2D eigenvalue weighted by molar-refractivity contribution is 1.15. The minimum absolute atomic E-state index is 0.483. The van der Waals surface area contributed by atoms with E-state index in [1.165, 1.54) is 0 Å². The van der Waals surface area contributed by atoms with Crippen LogP contribution in [0.1, 0.15) is 18.4 Å². The van der Waals surface area contributed by atoms with Crippen molar-refractivity contribution < 1.29 is 0 Å². The number of hydrogen-bond donors (Lipinski definition) is 1. The molecule has 1 saturated carbocycles. The van der Waals surface area contributed by atoms with Crippen molar-refractivity contribution in [1.82, 2.24) is 0 Å². The first-order chi connectivity index (χ1) is 7.08. The number of aryl methyl sites for hydroxylation is 1. The van der Waals surface area contributed by atoms with Crippen LogP contribution in [0, 0.1) is 12.8 Å². The van der Waals surface area contributed by atoms with E-state index in [1.807, 2.05) is 19.1 Å². The van der Waals surface area contributed by atoms with E-state index in [0.29, 0.717) is 5.92 Å². The highest BCUT2D eigenvalue weighted by Gasteiger charge is 2.25. The van der Waals surface area contributed by atoms with E-state index < -0.39 is 0 Å². The Kier molecular flexibility index (Phi) is 3.03. The molecule has 0 atom stereocenters. The molecule has 4 heteroatoms. The number of rotatable bonds is 2. The molecule has 1 aromatic carbocycles. The number of nitrogens with two attached hydrogens (primary N) is 1. The van der Waals surface area contributed by atoms with E-state index in [4.69, 9.17) is 17.3 Å². The first-order valence-electron chi connectivity index (χ1n) is 4.87. The minimum atomic E-state index is 0.483. The van der Waals surface area contributed by atoms with Crippen molar-refractivity contribution >= 4 is 39.1 Å². The molecule has 0 bridgehead atoms. The lowest BCUT2D eigenvalue weighted by Crippen LogP contribution is -2.13.